The van der Waals surface area contributed by atoms with Gasteiger partial charge < -0.3 is 0 Å². The number of benzene rings is 1. The summed E-state index contributed by atoms with van der Waals surface area (Å²) in [5.41, 5.74) is 2.48. The number of aryl methyl sites for hydroxylation is 1. The maximum Gasteiger partial charge on any atom is 0.171 e. The minimum atomic E-state index is 0.0393. The number of hydrogen-bond donors (Lipinski definition) is 0. The van der Waals surface area contributed by atoms with Gasteiger partial charge in [0.05, 0.1) is 21.1 Å². The van der Waals surface area contributed by atoms with Crippen molar-refractivity contribution >= 4 is 39.6 Å². The van der Waals surface area contributed by atoms with Crippen molar-refractivity contribution in [2.45, 2.75) is 13.8 Å². The molecule has 0 unspecified atom stereocenters. The molecule has 3 rings (SSSR count). The Morgan fingerprint density at radius 2 is 2.10 bits per heavy atom. The Balaban J connectivity index is 2.28. The molecule has 20 heavy (non-hydrogen) atoms. The minimum Gasteiger partial charge on any atom is -0.294 e. The molecule has 0 aliphatic heterocycles. The summed E-state index contributed by atoms with van der Waals surface area (Å²) in [6.45, 7) is 3.41. The topological polar surface area (TPSA) is 42.9 Å². The first-order chi connectivity index (χ1) is 9.58. The predicted octanol–water partition coefficient (Wildman–Crippen LogP) is 4.52. The van der Waals surface area contributed by atoms with Crippen LogP contribution in [0, 0.1) is 6.92 Å². The van der Waals surface area contributed by atoms with Gasteiger partial charge in [-0.25, -0.2) is 4.98 Å². The Hall–Kier alpha value is -1.78. The minimum absolute atomic E-state index is 0.0393. The zero-order valence-electron chi connectivity index (χ0n) is 11.0. The third-order valence-electron chi connectivity index (χ3n) is 3.06. The summed E-state index contributed by atoms with van der Waals surface area (Å²) in [7, 11) is 0. The third kappa shape index (κ3) is 2.11. The number of fused-ring (bicyclic) bond motifs is 1. The van der Waals surface area contributed by atoms with E-state index in [1.165, 1.54) is 11.3 Å². The molecule has 2 heterocycles. The number of carbonyl (C=O) groups excluding carboxylic acids is 1. The molecule has 0 N–H and O–H groups in total. The van der Waals surface area contributed by atoms with Gasteiger partial charge in [-0.15, -0.1) is 11.3 Å². The summed E-state index contributed by atoms with van der Waals surface area (Å²) in [6.07, 6.45) is 1.73. The molecular formula is C15H11ClN2OS. The van der Waals surface area contributed by atoms with E-state index in [1.54, 1.807) is 13.1 Å². The lowest BCUT2D eigenvalue weighted by Crippen LogP contribution is -1.89. The number of Topliss-reactive ketones (excluding diaryl/α,β-unsaturated/α-hetero) is 1. The molecule has 5 heteroatoms. The van der Waals surface area contributed by atoms with Crippen molar-refractivity contribution in [1.82, 2.24) is 9.97 Å². The molecule has 0 saturated carbocycles. The van der Waals surface area contributed by atoms with Gasteiger partial charge >= 0.3 is 0 Å². The van der Waals surface area contributed by atoms with Gasteiger partial charge in [0.2, 0.25) is 0 Å². The smallest absolute Gasteiger partial charge is 0.171 e. The zero-order chi connectivity index (χ0) is 14.3. The molecule has 0 aliphatic rings. The first-order valence-corrected chi connectivity index (χ1v) is 7.29. The lowest BCUT2D eigenvalue weighted by atomic mass is 10.1. The van der Waals surface area contributed by atoms with Crippen LogP contribution in [0.15, 0.2) is 30.5 Å². The molecule has 0 fully saturated rings. The lowest BCUT2D eigenvalue weighted by Gasteiger charge is -2.04. The highest BCUT2D eigenvalue weighted by Gasteiger charge is 2.15. The highest BCUT2D eigenvalue weighted by atomic mass is 35.5. The summed E-state index contributed by atoms with van der Waals surface area (Å²) in [5, 5.41) is 2.36. The number of carbonyl (C=O) groups is 1. The van der Waals surface area contributed by atoms with E-state index in [9.17, 15) is 4.79 Å². The Kier molecular flexibility index (Phi) is 3.28. The number of rotatable bonds is 2. The van der Waals surface area contributed by atoms with Crippen LogP contribution in [-0.4, -0.2) is 15.8 Å². The van der Waals surface area contributed by atoms with E-state index in [0.29, 0.717) is 9.90 Å². The van der Waals surface area contributed by atoms with Crippen molar-refractivity contribution in [3.05, 3.63) is 46.1 Å². The SMILES string of the molecule is CC(=O)c1sc(-c2ccc(Cl)c3cccnc23)nc1C. The number of ketones is 1. The molecule has 0 radical (unpaired) electrons. The fraction of sp³-hybridized carbons (Fsp3) is 0.133. The van der Waals surface area contributed by atoms with E-state index in [4.69, 9.17) is 11.6 Å². The van der Waals surface area contributed by atoms with Crippen LogP contribution in [-0.2, 0) is 0 Å². The lowest BCUT2D eigenvalue weighted by molar-refractivity contribution is 0.102. The van der Waals surface area contributed by atoms with Crippen LogP contribution < -0.4 is 0 Å². The fourth-order valence-corrected chi connectivity index (χ4v) is 3.35. The van der Waals surface area contributed by atoms with Crippen molar-refractivity contribution in [2.24, 2.45) is 0 Å². The van der Waals surface area contributed by atoms with Crippen LogP contribution in [0.25, 0.3) is 21.5 Å². The molecule has 2 aromatic heterocycles. The number of thiazole rings is 1. The summed E-state index contributed by atoms with van der Waals surface area (Å²) in [6, 6.07) is 7.53. The number of halogens is 1. The quantitative estimate of drug-likeness (QED) is 0.653. The molecule has 0 aliphatic carbocycles. The zero-order valence-corrected chi connectivity index (χ0v) is 12.5. The molecule has 100 valence electrons. The monoisotopic (exact) mass is 302 g/mol. The molecule has 0 bridgehead atoms. The second-order valence-corrected chi connectivity index (χ2v) is 5.89. The summed E-state index contributed by atoms with van der Waals surface area (Å²) < 4.78 is 0. The number of hydrogen-bond acceptors (Lipinski definition) is 4. The second kappa shape index (κ2) is 4.96. The van der Waals surface area contributed by atoms with Crippen LogP contribution in [0.1, 0.15) is 22.3 Å². The van der Waals surface area contributed by atoms with Gasteiger partial charge in [-0.05, 0) is 31.2 Å². The van der Waals surface area contributed by atoms with E-state index in [1.807, 2.05) is 31.2 Å². The average Bonchev–Trinajstić information content (AvgIpc) is 2.81. The van der Waals surface area contributed by atoms with Crippen molar-refractivity contribution in [1.29, 1.82) is 0 Å². The molecule has 1 aromatic carbocycles. The van der Waals surface area contributed by atoms with Gasteiger partial charge in [0.25, 0.3) is 0 Å². The van der Waals surface area contributed by atoms with E-state index < -0.39 is 0 Å². The van der Waals surface area contributed by atoms with Crippen LogP contribution in [0.4, 0.5) is 0 Å². The number of pyridine rings is 1. The Labute approximate surface area is 125 Å². The van der Waals surface area contributed by atoms with E-state index >= 15 is 0 Å². The molecule has 0 saturated heterocycles. The molecule has 0 spiro atoms. The number of aromatic nitrogens is 2. The summed E-state index contributed by atoms with van der Waals surface area (Å²) >= 11 is 7.59. The standard InChI is InChI=1S/C15H11ClN2OS/c1-8-14(9(2)19)20-15(18-8)11-5-6-12(16)10-4-3-7-17-13(10)11/h3-7H,1-2H3. The fourth-order valence-electron chi connectivity index (χ4n) is 2.15. The highest BCUT2D eigenvalue weighted by molar-refractivity contribution is 7.17. The largest absolute Gasteiger partial charge is 0.294 e. The third-order valence-corrected chi connectivity index (χ3v) is 4.68. The molecule has 0 amide bonds. The first-order valence-electron chi connectivity index (χ1n) is 6.10. The van der Waals surface area contributed by atoms with Gasteiger partial charge in [0, 0.05) is 24.1 Å². The molecule has 3 nitrogen and oxygen atoms in total. The maximum absolute atomic E-state index is 11.6. The Bertz CT molecular complexity index is 826. The van der Waals surface area contributed by atoms with Crippen molar-refractivity contribution < 1.29 is 4.79 Å². The molecule has 0 atom stereocenters. The van der Waals surface area contributed by atoms with Crippen LogP contribution in [0.3, 0.4) is 0 Å². The van der Waals surface area contributed by atoms with E-state index in [-0.39, 0.29) is 5.78 Å². The number of nitrogens with zero attached hydrogens (tertiary/aromatic N) is 2. The van der Waals surface area contributed by atoms with Crippen molar-refractivity contribution in [3.63, 3.8) is 0 Å². The van der Waals surface area contributed by atoms with Crippen molar-refractivity contribution in [2.75, 3.05) is 0 Å². The van der Waals surface area contributed by atoms with Crippen molar-refractivity contribution in [3.8, 4) is 10.6 Å². The average molecular weight is 303 g/mol. The Morgan fingerprint density at radius 1 is 1.30 bits per heavy atom. The Morgan fingerprint density at radius 3 is 2.80 bits per heavy atom. The van der Waals surface area contributed by atoms with Gasteiger partial charge in [-0.3, -0.25) is 9.78 Å². The van der Waals surface area contributed by atoms with Gasteiger partial charge in [-0.2, -0.15) is 0 Å². The maximum atomic E-state index is 11.6. The second-order valence-electron chi connectivity index (χ2n) is 4.48. The highest BCUT2D eigenvalue weighted by Crippen LogP contribution is 2.35. The molecule has 3 aromatic rings. The van der Waals surface area contributed by atoms with Crippen LogP contribution in [0.5, 0.6) is 0 Å². The summed E-state index contributed by atoms with van der Waals surface area (Å²) in [4.78, 5) is 21.2. The normalized spacial score (nSPS) is 10.9. The van der Waals surface area contributed by atoms with Gasteiger partial charge in [-0.1, -0.05) is 11.6 Å². The van der Waals surface area contributed by atoms with Gasteiger partial charge in [0.15, 0.2) is 5.78 Å². The summed E-state index contributed by atoms with van der Waals surface area (Å²) in [5.74, 6) is 0.0393. The first kappa shape index (κ1) is 13.2. The van der Waals surface area contributed by atoms with Crippen LogP contribution in [0.2, 0.25) is 5.02 Å². The van der Waals surface area contributed by atoms with Crippen LogP contribution >= 0.6 is 22.9 Å². The molecular weight excluding hydrogens is 292 g/mol. The van der Waals surface area contributed by atoms with Gasteiger partial charge in [0.1, 0.15) is 5.01 Å². The van der Waals surface area contributed by atoms with E-state index in [2.05, 4.69) is 9.97 Å². The van der Waals surface area contributed by atoms with E-state index in [0.717, 1.165) is 27.2 Å². The predicted molar refractivity (Wildman–Crippen MR) is 82.6 cm³/mol.